The van der Waals surface area contributed by atoms with Crippen molar-refractivity contribution in [2.24, 2.45) is 5.16 Å². The maximum absolute atomic E-state index is 11.4. The van der Waals surface area contributed by atoms with Crippen molar-refractivity contribution in [2.75, 3.05) is 13.7 Å². The van der Waals surface area contributed by atoms with E-state index in [-0.39, 0.29) is 11.6 Å². The van der Waals surface area contributed by atoms with Gasteiger partial charge in [0, 0.05) is 6.42 Å². The first-order chi connectivity index (χ1) is 9.12. The van der Waals surface area contributed by atoms with E-state index in [2.05, 4.69) is 43.8 Å². The molecule has 116 valence electrons. The molecule has 0 aliphatic carbocycles. The molecule has 0 radical (unpaired) electrons. The Morgan fingerprint density at radius 3 is 2.60 bits per heavy atom. The Kier molecular flexibility index (Phi) is 5.34. The van der Waals surface area contributed by atoms with Crippen LogP contribution < -0.4 is 0 Å². The van der Waals surface area contributed by atoms with Crippen LogP contribution in [0.25, 0.3) is 0 Å². The zero-order valence-corrected chi connectivity index (χ0v) is 14.1. The van der Waals surface area contributed by atoms with Gasteiger partial charge in [-0.2, -0.15) is 0 Å². The van der Waals surface area contributed by atoms with Gasteiger partial charge in [0.15, 0.2) is 8.32 Å². The van der Waals surface area contributed by atoms with E-state index in [0.717, 1.165) is 0 Å². The molecule has 0 saturated carbocycles. The number of hydrogen-bond acceptors (Lipinski definition) is 6. The molecule has 2 unspecified atom stereocenters. The summed E-state index contributed by atoms with van der Waals surface area (Å²) >= 11 is 0. The van der Waals surface area contributed by atoms with Gasteiger partial charge >= 0.3 is 5.97 Å². The molecule has 1 heterocycles. The minimum Gasteiger partial charge on any atom is -0.466 e. The lowest BCUT2D eigenvalue weighted by atomic mass is 10.1. The van der Waals surface area contributed by atoms with Gasteiger partial charge in [0.05, 0.1) is 19.4 Å². The van der Waals surface area contributed by atoms with Gasteiger partial charge in [0.25, 0.3) is 0 Å². The summed E-state index contributed by atoms with van der Waals surface area (Å²) in [4.78, 5) is 16.4. The van der Waals surface area contributed by atoms with Crippen LogP contribution in [0.1, 0.15) is 27.2 Å². The molecule has 0 fully saturated rings. The third-order valence-electron chi connectivity index (χ3n) is 3.94. The highest BCUT2D eigenvalue weighted by Crippen LogP contribution is 2.37. The summed E-state index contributed by atoms with van der Waals surface area (Å²) in [7, 11) is -0.722. The number of methoxy groups -OCH3 is 1. The van der Waals surface area contributed by atoms with Crippen LogP contribution in [0, 0.1) is 0 Å². The molecule has 6 nitrogen and oxygen atoms in total. The quantitative estimate of drug-likeness (QED) is 0.618. The Hall–Kier alpha value is -0.923. The smallest absolute Gasteiger partial charge is 0.350 e. The lowest BCUT2D eigenvalue weighted by Gasteiger charge is -2.38. The molecule has 0 aromatic rings. The molecule has 7 heteroatoms. The number of hydrogen-bond donors (Lipinski definition) is 1. The van der Waals surface area contributed by atoms with E-state index in [1.165, 1.54) is 7.11 Å². The lowest BCUT2D eigenvalue weighted by Crippen LogP contribution is -2.47. The summed E-state index contributed by atoms with van der Waals surface area (Å²) in [6.07, 6.45) is -0.954. The molecule has 0 amide bonds. The Balaban J connectivity index is 2.72. The molecule has 0 saturated heterocycles. The number of oxime groups is 1. The van der Waals surface area contributed by atoms with Crippen LogP contribution in [0.2, 0.25) is 18.1 Å². The second kappa shape index (κ2) is 6.24. The summed E-state index contributed by atoms with van der Waals surface area (Å²) in [5.74, 6) is -0.465. The SMILES string of the molecule is COC(=O)C1CC(C(CO)O[Si](C)(C)C(C)(C)C)=NO1. The molecule has 0 aromatic heterocycles. The minimum absolute atomic E-state index is 0.0300. The lowest BCUT2D eigenvalue weighted by molar-refractivity contribution is -0.152. The molecular formula is C13H25NO5Si. The largest absolute Gasteiger partial charge is 0.466 e. The first kappa shape index (κ1) is 17.1. The van der Waals surface area contributed by atoms with Crippen molar-refractivity contribution in [1.29, 1.82) is 0 Å². The summed E-state index contributed by atoms with van der Waals surface area (Å²) in [6.45, 7) is 10.4. The minimum atomic E-state index is -2.03. The van der Waals surface area contributed by atoms with Crippen molar-refractivity contribution in [3.63, 3.8) is 0 Å². The van der Waals surface area contributed by atoms with E-state index in [9.17, 15) is 9.90 Å². The molecule has 0 aromatic carbocycles. The molecule has 0 spiro atoms. The van der Waals surface area contributed by atoms with Crippen molar-refractivity contribution >= 4 is 20.0 Å². The Bertz CT molecular complexity index is 389. The fourth-order valence-corrected chi connectivity index (χ4v) is 2.86. The highest BCUT2D eigenvalue weighted by atomic mass is 28.4. The molecular weight excluding hydrogens is 278 g/mol. The van der Waals surface area contributed by atoms with Crippen molar-refractivity contribution in [2.45, 2.75) is 57.5 Å². The van der Waals surface area contributed by atoms with Crippen molar-refractivity contribution in [1.82, 2.24) is 0 Å². The van der Waals surface area contributed by atoms with E-state index in [0.29, 0.717) is 12.1 Å². The molecule has 1 aliphatic rings. The Labute approximate surface area is 121 Å². The average Bonchev–Trinajstić information content (AvgIpc) is 2.83. The second-order valence-electron chi connectivity index (χ2n) is 6.45. The van der Waals surface area contributed by atoms with Gasteiger partial charge in [-0.1, -0.05) is 25.9 Å². The maximum Gasteiger partial charge on any atom is 0.350 e. The van der Waals surface area contributed by atoms with Gasteiger partial charge in [-0.25, -0.2) is 4.79 Å². The molecule has 0 bridgehead atoms. The predicted molar refractivity (Wildman–Crippen MR) is 78.1 cm³/mol. The third-order valence-corrected chi connectivity index (χ3v) is 8.42. The zero-order chi connectivity index (χ0) is 15.6. The summed E-state index contributed by atoms with van der Waals surface area (Å²) < 4.78 is 10.7. The maximum atomic E-state index is 11.4. The van der Waals surface area contributed by atoms with Crippen LogP contribution in [0.15, 0.2) is 5.16 Å². The topological polar surface area (TPSA) is 77.4 Å². The van der Waals surface area contributed by atoms with Gasteiger partial charge in [-0.15, -0.1) is 0 Å². The number of nitrogens with zero attached hydrogens (tertiary/aromatic N) is 1. The molecule has 1 N–H and O–H groups in total. The van der Waals surface area contributed by atoms with Gasteiger partial charge in [-0.3, -0.25) is 0 Å². The Morgan fingerprint density at radius 2 is 2.15 bits per heavy atom. The number of rotatable bonds is 5. The van der Waals surface area contributed by atoms with Crippen LogP contribution in [-0.2, 0) is 18.8 Å². The normalized spacial score (nSPS) is 21.1. The summed E-state index contributed by atoms with van der Waals surface area (Å²) in [6, 6.07) is 0. The van der Waals surface area contributed by atoms with Crippen molar-refractivity contribution < 1.29 is 23.9 Å². The van der Waals surface area contributed by atoms with E-state index in [1.807, 2.05) is 0 Å². The van der Waals surface area contributed by atoms with Gasteiger partial charge in [0.1, 0.15) is 6.10 Å². The number of aliphatic hydroxyl groups excluding tert-OH is 1. The second-order valence-corrected chi connectivity index (χ2v) is 11.2. The third kappa shape index (κ3) is 3.80. The standard InChI is InChI=1S/C13H25NO5Si/c1-13(2,3)20(5,6)19-11(8-15)9-7-10(18-14-9)12(16)17-4/h10-11,15H,7-8H2,1-6H3. The fraction of sp³-hybridized carbons (Fsp3) is 0.846. The van der Waals surface area contributed by atoms with Gasteiger partial charge in [0.2, 0.25) is 6.10 Å². The van der Waals surface area contributed by atoms with E-state index >= 15 is 0 Å². The predicted octanol–water partition coefficient (Wildman–Crippen LogP) is 1.69. The zero-order valence-electron chi connectivity index (χ0n) is 13.1. The van der Waals surface area contributed by atoms with E-state index in [1.54, 1.807) is 0 Å². The van der Waals surface area contributed by atoms with Crippen LogP contribution in [0.5, 0.6) is 0 Å². The van der Waals surface area contributed by atoms with Gasteiger partial charge in [-0.05, 0) is 18.1 Å². The van der Waals surface area contributed by atoms with Crippen LogP contribution in [-0.4, -0.2) is 51.0 Å². The molecule has 2 atom stereocenters. The summed E-state index contributed by atoms with van der Waals surface area (Å²) in [5.41, 5.74) is 0.563. The highest BCUT2D eigenvalue weighted by Gasteiger charge is 2.42. The molecule has 1 aliphatic heterocycles. The number of ether oxygens (including phenoxy) is 1. The number of esters is 1. The van der Waals surface area contributed by atoms with Gasteiger partial charge < -0.3 is 19.1 Å². The van der Waals surface area contributed by atoms with E-state index < -0.39 is 26.5 Å². The number of carbonyl (C=O) groups is 1. The van der Waals surface area contributed by atoms with Crippen LogP contribution in [0.4, 0.5) is 0 Å². The van der Waals surface area contributed by atoms with Crippen molar-refractivity contribution in [3.8, 4) is 0 Å². The number of aliphatic hydroxyl groups is 1. The van der Waals surface area contributed by atoms with E-state index in [4.69, 9.17) is 9.26 Å². The first-order valence-corrected chi connectivity index (χ1v) is 9.62. The highest BCUT2D eigenvalue weighted by molar-refractivity contribution is 6.74. The Morgan fingerprint density at radius 1 is 1.55 bits per heavy atom. The van der Waals surface area contributed by atoms with Crippen molar-refractivity contribution in [3.05, 3.63) is 0 Å². The van der Waals surface area contributed by atoms with Crippen LogP contribution in [0.3, 0.4) is 0 Å². The monoisotopic (exact) mass is 303 g/mol. The molecule has 20 heavy (non-hydrogen) atoms. The first-order valence-electron chi connectivity index (χ1n) is 6.71. The van der Waals surface area contributed by atoms with Crippen LogP contribution >= 0.6 is 0 Å². The number of carbonyl (C=O) groups excluding carboxylic acids is 1. The fourth-order valence-electron chi connectivity index (χ4n) is 1.59. The molecule has 1 rings (SSSR count). The average molecular weight is 303 g/mol. The summed E-state index contributed by atoms with van der Waals surface area (Å²) in [5, 5.41) is 13.4.